The molecule has 5 N–H and O–H groups in total. The summed E-state index contributed by atoms with van der Waals surface area (Å²) in [5.41, 5.74) is 1.22. The van der Waals surface area contributed by atoms with Crippen LogP contribution in [0.3, 0.4) is 0 Å². The number of aromatic hydroxyl groups is 1. The van der Waals surface area contributed by atoms with E-state index in [2.05, 4.69) is 10.6 Å². The van der Waals surface area contributed by atoms with E-state index in [4.69, 9.17) is 10.4 Å². The molecule has 2 aromatic carbocycles. The van der Waals surface area contributed by atoms with Crippen molar-refractivity contribution in [2.45, 2.75) is 11.3 Å². The van der Waals surface area contributed by atoms with Crippen LogP contribution >= 0.6 is 0 Å². The first kappa shape index (κ1) is 20.0. The van der Waals surface area contributed by atoms with Crippen molar-refractivity contribution in [3.05, 3.63) is 65.9 Å². The molecule has 0 aromatic heterocycles. The maximum atomic E-state index is 12.1. The van der Waals surface area contributed by atoms with E-state index in [-0.39, 0.29) is 16.2 Å². The van der Waals surface area contributed by atoms with E-state index in [1.807, 2.05) is 6.07 Å². The van der Waals surface area contributed by atoms with Gasteiger partial charge in [0.05, 0.1) is 4.90 Å². The van der Waals surface area contributed by atoms with Crippen molar-refractivity contribution in [3.63, 3.8) is 0 Å². The lowest BCUT2D eigenvalue weighted by Gasteiger charge is -2.06. The second-order valence-electron chi connectivity index (χ2n) is 5.56. The van der Waals surface area contributed by atoms with Crippen molar-refractivity contribution in [2.75, 3.05) is 11.9 Å². The van der Waals surface area contributed by atoms with E-state index >= 15 is 0 Å². The minimum absolute atomic E-state index is 0.0387. The summed E-state index contributed by atoms with van der Waals surface area (Å²) in [6, 6.07) is 13.8. The lowest BCUT2D eigenvalue weighted by Crippen LogP contribution is -2.18. The van der Waals surface area contributed by atoms with Crippen LogP contribution < -0.4 is 15.8 Å². The number of nitrogens with zero attached hydrogens (tertiary/aromatic N) is 1. The molecular formula is C18H18N4O4S. The number of rotatable bonds is 7. The van der Waals surface area contributed by atoms with E-state index in [0.717, 1.165) is 5.56 Å². The first-order valence-electron chi connectivity index (χ1n) is 7.85. The molecule has 0 aliphatic heterocycles. The van der Waals surface area contributed by atoms with Crippen LogP contribution in [0.4, 0.5) is 5.69 Å². The Bertz CT molecular complexity index is 976. The number of nitrogens with one attached hydrogen (secondary N) is 2. The fraction of sp³-hybridized carbons (Fsp3) is 0.111. The van der Waals surface area contributed by atoms with E-state index in [0.29, 0.717) is 18.7 Å². The first-order valence-corrected chi connectivity index (χ1v) is 9.40. The molecule has 0 spiro atoms. The first-order chi connectivity index (χ1) is 12.8. The summed E-state index contributed by atoms with van der Waals surface area (Å²) in [6.07, 6.45) is 1.87. The highest BCUT2D eigenvalue weighted by Crippen LogP contribution is 2.14. The molecule has 0 bridgehead atoms. The summed E-state index contributed by atoms with van der Waals surface area (Å²) in [4.78, 5) is 12.1. The molecule has 0 fully saturated rings. The van der Waals surface area contributed by atoms with Gasteiger partial charge in [-0.2, -0.15) is 5.26 Å². The van der Waals surface area contributed by atoms with Crippen molar-refractivity contribution in [1.29, 1.82) is 5.26 Å². The minimum atomic E-state index is -3.72. The number of primary sulfonamides is 1. The Hall–Kier alpha value is -3.35. The molecule has 0 unspecified atom stereocenters. The summed E-state index contributed by atoms with van der Waals surface area (Å²) in [5.74, 6) is -0.504. The molecule has 0 heterocycles. The minimum Gasteiger partial charge on any atom is -0.508 e. The number of amides is 1. The lowest BCUT2D eigenvalue weighted by atomic mass is 10.1. The highest BCUT2D eigenvalue weighted by molar-refractivity contribution is 7.89. The van der Waals surface area contributed by atoms with Crippen molar-refractivity contribution >= 4 is 21.6 Å². The third-order valence-corrected chi connectivity index (χ3v) is 4.48. The zero-order chi connectivity index (χ0) is 19.9. The molecule has 2 aromatic rings. The van der Waals surface area contributed by atoms with E-state index in [1.165, 1.54) is 42.6 Å². The number of carbonyl (C=O) groups is 1. The van der Waals surface area contributed by atoms with Crippen LogP contribution in [0.15, 0.2) is 65.2 Å². The standard InChI is InChI=1S/C18H18N4O4S/c19-11-14(18(24)22-15-3-5-16(23)6-4-15)12-21-10-9-13-1-7-17(8-2-13)27(20,25)26/h1-8,12,21,23H,9-10H2,(H,22,24)(H2,20,25,26)/b14-12-. The Morgan fingerprint density at radius 1 is 1.15 bits per heavy atom. The highest BCUT2D eigenvalue weighted by Gasteiger charge is 2.09. The van der Waals surface area contributed by atoms with Gasteiger partial charge in [-0.25, -0.2) is 13.6 Å². The fourth-order valence-corrected chi connectivity index (χ4v) is 2.64. The van der Waals surface area contributed by atoms with Crippen LogP contribution in [0.1, 0.15) is 5.56 Å². The monoisotopic (exact) mass is 386 g/mol. The highest BCUT2D eigenvalue weighted by atomic mass is 32.2. The topological polar surface area (TPSA) is 145 Å². The maximum Gasteiger partial charge on any atom is 0.267 e. The van der Waals surface area contributed by atoms with Gasteiger partial charge in [-0.3, -0.25) is 4.79 Å². The average molecular weight is 386 g/mol. The molecule has 1 amide bonds. The molecule has 8 nitrogen and oxygen atoms in total. The molecule has 0 aliphatic carbocycles. The van der Waals surface area contributed by atoms with Gasteiger partial charge in [0.15, 0.2) is 0 Å². The van der Waals surface area contributed by atoms with Gasteiger partial charge in [-0.15, -0.1) is 0 Å². The third kappa shape index (κ3) is 6.14. The SMILES string of the molecule is N#C/C(=C/NCCc1ccc(S(N)(=O)=O)cc1)C(=O)Nc1ccc(O)cc1. The van der Waals surface area contributed by atoms with Gasteiger partial charge in [0.1, 0.15) is 17.4 Å². The van der Waals surface area contributed by atoms with Crippen LogP contribution in [0.2, 0.25) is 0 Å². The second kappa shape index (κ2) is 8.84. The predicted octanol–water partition coefficient (Wildman–Crippen LogP) is 1.22. The normalized spacial score (nSPS) is 11.5. The predicted molar refractivity (Wildman–Crippen MR) is 100.0 cm³/mol. The maximum absolute atomic E-state index is 12.1. The Morgan fingerprint density at radius 2 is 1.78 bits per heavy atom. The van der Waals surface area contributed by atoms with Crippen LogP contribution in [0, 0.1) is 11.3 Å². The molecule has 0 atom stereocenters. The van der Waals surface area contributed by atoms with Gasteiger partial charge in [0.25, 0.3) is 5.91 Å². The molecule has 27 heavy (non-hydrogen) atoms. The number of hydrogen-bond acceptors (Lipinski definition) is 6. The smallest absolute Gasteiger partial charge is 0.267 e. The Balaban J connectivity index is 1.88. The van der Waals surface area contributed by atoms with Gasteiger partial charge < -0.3 is 15.7 Å². The van der Waals surface area contributed by atoms with Crippen LogP contribution in [-0.2, 0) is 21.2 Å². The zero-order valence-electron chi connectivity index (χ0n) is 14.2. The van der Waals surface area contributed by atoms with Crippen LogP contribution in [0.5, 0.6) is 5.75 Å². The van der Waals surface area contributed by atoms with Gasteiger partial charge in [0, 0.05) is 18.4 Å². The van der Waals surface area contributed by atoms with Gasteiger partial charge in [0.2, 0.25) is 10.0 Å². The van der Waals surface area contributed by atoms with E-state index in [1.54, 1.807) is 12.1 Å². The Kier molecular flexibility index (Phi) is 6.54. The van der Waals surface area contributed by atoms with E-state index in [9.17, 15) is 18.3 Å². The van der Waals surface area contributed by atoms with Crippen molar-refractivity contribution in [2.24, 2.45) is 5.14 Å². The molecule has 0 aliphatic rings. The summed E-state index contributed by atoms with van der Waals surface area (Å²) < 4.78 is 22.4. The number of carbonyl (C=O) groups excluding carboxylic acids is 1. The molecule has 0 saturated heterocycles. The molecule has 140 valence electrons. The Labute approximate surface area is 157 Å². The molecule has 9 heteroatoms. The van der Waals surface area contributed by atoms with Crippen molar-refractivity contribution < 1.29 is 18.3 Å². The number of hydrogen-bond donors (Lipinski definition) is 4. The van der Waals surface area contributed by atoms with Gasteiger partial charge in [-0.05, 0) is 48.4 Å². The fourth-order valence-electron chi connectivity index (χ4n) is 2.13. The van der Waals surface area contributed by atoms with Gasteiger partial charge >= 0.3 is 0 Å². The zero-order valence-corrected chi connectivity index (χ0v) is 15.0. The van der Waals surface area contributed by atoms with Gasteiger partial charge in [-0.1, -0.05) is 12.1 Å². The summed E-state index contributed by atoms with van der Waals surface area (Å²) in [6.45, 7) is 0.437. The Morgan fingerprint density at radius 3 is 2.33 bits per heavy atom. The third-order valence-electron chi connectivity index (χ3n) is 3.55. The molecule has 0 saturated carbocycles. The number of sulfonamides is 1. The van der Waals surface area contributed by atoms with Crippen LogP contribution in [0.25, 0.3) is 0 Å². The average Bonchev–Trinajstić information content (AvgIpc) is 2.63. The number of nitriles is 1. The molecular weight excluding hydrogens is 368 g/mol. The summed E-state index contributed by atoms with van der Waals surface area (Å²) >= 11 is 0. The second-order valence-corrected chi connectivity index (χ2v) is 7.13. The number of phenolic OH excluding ortho intramolecular Hbond substituents is 1. The quantitative estimate of drug-likeness (QED) is 0.244. The van der Waals surface area contributed by atoms with Crippen molar-refractivity contribution in [3.8, 4) is 11.8 Å². The number of nitrogens with two attached hydrogens (primary N) is 1. The number of benzene rings is 2. The number of anilines is 1. The van der Waals surface area contributed by atoms with Crippen LogP contribution in [-0.4, -0.2) is 26.0 Å². The number of phenols is 1. The van der Waals surface area contributed by atoms with Crippen molar-refractivity contribution in [1.82, 2.24) is 5.32 Å². The summed E-state index contributed by atoms with van der Waals surface area (Å²) in [7, 11) is -3.72. The largest absolute Gasteiger partial charge is 0.508 e. The lowest BCUT2D eigenvalue weighted by molar-refractivity contribution is -0.112. The van der Waals surface area contributed by atoms with E-state index < -0.39 is 15.9 Å². The molecule has 0 radical (unpaired) electrons. The summed E-state index contributed by atoms with van der Waals surface area (Å²) in [5, 5.41) is 28.8. The molecule has 2 rings (SSSR count).